The van der Waals surface area contributed by atoms with Gasteiger partial charge in [-0.2, -0.15) is 0 Å². The SMILES string of the molecule is Fc1ccc(Cl)c(CN2CCNc3c2cc2n3-c3nc(N4CCCC4)ccc3-2)c1Cl. The molecule has 0 saturated carbocycles. The lowest BCUT2D eigenvalue weighted by molar-refractivity contribution is 0.625. The van der Waals surface area contributed by atoms with Gasteiger partial charge in [-0.05, 0) is 43.2 Å². The maximum absolute atomic E-state index is 14.0. The van der Waals surface area contributed by atoms with Crippen LogP contribution in [0.2, 0.25) is 10.0 Å². The second-order valence-corrected chi connectivity index (χ2v) is 8.79. The number of nitrogens with one attached hydrogen (secondary N) is 1. The number of fused-ring (bicyclic) bond motifs is 6. The topological polar surface area (TPSA) is 36.3 Å². The van der Waals surface area contributed by atoms with E-state index in [0.717, 1.165) is 60.6 Å². The van der Waals surface area contributed by atoms with Crippen LogP contribution in [0.4, 0.5) is 21.7 Å². The molecule has 2 aromatic heterocycles. The van der Waals surface area contributed by atoms with Gasteiger partial charge in [0.05, 0.1) is 16.4 Å². The Morgan fingerprint density at radius 2 is 1.90 bits per heavy atom. The first kappa shape index (κ1) is 18.3. The molecule has 154 valence electrons. The van der Waals surface area contributed by atoms with Crippen molar-refractivity contribution in [1.29, 1.82) is 0 Å². The molecule has 1 saturated heterocycles. The van der Waals surface area contributed by atoms with Crippen LogP contribution >= 0.6 is 23.2 Å². The second kappa shape index (κ2) is 6.79. The van der Waals surface area contributed by atoms with Crippen molar-refractivity contribution < 1.29 is 4.39 Å². The van der Waals surface area contributed by atoms with Gasteiger partial charge in [0.1, 0.15) is 17.5 Å². The van der Waals surface area contributed by atoms with E-state index in [0.29, 0.717) is 17.1 Å². The number of halogens is 3. The Balaban J connectivity index is 1.36. The molecule has 0 spiro atoms. The zero-order chi connectivity index (χ0) is 20.4. The van der Waals surface area contributed by atoms with Gasteiger partial charge in [-0.3, -0.25) is 4.57 Å². The lowest BCUT2D eigenvalue weighted by Crippen LogP contribution is -2.34. The van der Waals surface area contributed by atoms with Gasteiger partial charge in [-0.1, -0.05) is 23.2 Å². The summed E-state index contributed by atoms with van der Waals surface area (Å²) < 4.78 is 16.2. The second-order valence-electron chi connectivity index (χ2n) is 8.00. The van der Waals surface area contributed by atoms with Crippen molar-refractivity contribution >= 4 is 40.5 Å². The number of hydrogen-bond donors (Lipinski definition) is 1. The molecule has 3 aliphatic heterocycles. The maximum atomic E-state index is 14.0. The van der Waals surface area contributed by atoms with Gasteiger partial charge >= 0.3 is 0 Å². The van der Waals surface area contributed by atoms with Crippen molar-refractivity contribution in [1.82, 2.24) is 9.55 Å². The summed E-state index contributed by atoms with van der Waals surface area (Å²) in [4.78, 5) is 9.50. The molecular weight excluding hydrogens is 424 g/mol. The van der Waals surface area contributed by atoms with Crippen LogP contribution in [-0.2, 0) is 6.54 Å². The predicted octanol–water partition coefficient (Wildman–Crippen LogP) is 5.33. The van der Waals surface area contributed by atoms with Crippen LogP contribution in [0.15, 0.2) is 30.3 Å². The first-order valence-electron chi connectivity index (χ1n) is 10.3. The first-order valence-corrected chi connectivity index (χ1v) is 11.0. The third-order valence-corrected chi connectivity index (χ3v) is 7.02. The van der Waals surface area contributed by atoms with Crippen LogP contribution < -0.4 is 15.1 Å². The Morgan fingerprint density at radius 1 is 1.07 bits per heavy atom. The molecule has 3 aliphatic rings. The van der Waals surface area contributed by atoms with Crippen LogP contribution in [0.5, 0.6) is 0 Å². The van der Waals surface area contributed by atoms with Gasteiger partial charge in [-0.25, -0.2) is 9.37 Å². The smallest absolute Gasteiger partial charge is 0.150 e. The Bertz CT molecular complexity index is 1170. The van der Waals surface area contributed by atoms with Crippen LogP contribution in [0.25, 0.3) is 17.1 Å². The van der Waals surface area contributed by atoms with E-state index in [2.05, 4.69) is 37.9 Å². The minimum atomic E-state index is -0.444. The summed E-state index contributed by atoms with van der Waals surface area (Å²) >= 11 is 12.6. The molecule has 0 radical (unpaired) electrons. The van der Waals surface area contributed by atoms with Crippen molar-refractivity contribution in [3.05, 3.63) is 51.8 Å². The predicted molar refractivity (Wildman–Crippen MR) is 120 cm³/mol. The number of hydrogen-bond acceptors (Lipinski definition) is 4. The highest BCUT2D eigenvalue weighted by Crippen LogP contribution is 2.48. The van der Waals surface area contributed by atoms with Gasteiger partial charge in [0.25, 0.3) is 0 Å². The standard InChI is InChI=1S/C22H20Cl2FN5/c23-15-4-5-16(25)20(24)14(15)12-29-10-7-26-22-18(29)11-17-13-3-6-19(27-21(13)30(17)22)28-8-1-2-9-28/h3-6,11,26H,1-2,7-10,12H2. The van der Waals surface area contributed by atoms with Gasteiger partial charge in [0.15, 0.2) is 5.82 Å². The Morgan fingerprint density at radius 3 is 2.73 bits per heavy atom. The highest BCUT2D eigenvalue weighted by Gasteiger charge is 2.34. The quantitative estimate of drug-likeness (QED) is 0.434. The molecule has 0 unspecified atom stereocenters. The Hall–Kier alpha value is -2.44. The fraction of sp³-hybridized carbons (Fsp3) is 0.318. The van der Waals surface area contributed by atoms with E-state index < -0.39 is 5.82 Å². The minimum Gasteiger partial charge on any atom is -0.368 e. The average Bonchev–Trinajstić information content (AvgIpc) is 3.39. The van der Waals surface area contributed by atoms with Gasteiger partial charge < -0.3 is 15.1 Å². The molecule has 6 rings (SSSR count). The molecule has 3 aromatic rings. The molecular formula is C22H20Cl2FN5. The number of aromatic nitrogens is 2. The number of anilines is 3. The maximum Gasteiger partial charge on any atom is 0.150 e. The summed E-state index contributed by atoms with van der Waals surface area (Å²) in [7, 11) is 0. The van der Waals surface area contributed by atoms with Crippen molar-refractivity contribution in [3.63, 3.8) is 0 Å². The highest BCUT2D eigenvalue weighted by molar-refractivity contribution is 6.36. The van der Waals surface area contributed by atoms with E-state index >= 15 is 0 Å². The lowest BCUT2D eigenvalue weighted by Gasteiger charge is -2.32. The molecule has 1 fully saturated rings. The monoisotopic (exact) mass is 443 g/mol. The molecule has 1 aromatic carbocycles. The Labute approximate surface area is 184 Å². The van der Waals surface area contributed by atoms with Crippen molar-refractivity contribution in [2.24, 2.45) is 0 Å². The van der Waals surface area contributed by atoms with Gasteiger partial charge in [-0.15, -0.1) is 0 Å². The summed E-state index contributed by atoms with van der Waals surface area (Å²) in [5.41, 5.74) is 3.99. The zero-order valence-electron chi connectivity index (χ0n) is 16.3. The largest absolute Gasteiger partial charge is 0.368 e. The third kappa shape index (κ3) is 2.63. The van der Waals surface area contributed by atoms with E-state index in [1.807, 2.05) is 0 Å². The van der Waals surface area contributed by atoms with E-state index in [9.17, 15) is 4.39 Å². The Kier molecular flexibility index (Phi) is 4.15. The first-order chi connectivity index (χ1) is 14.6. The molecule has 0 bridgehead atoms. The van der Waals surface area contributed by atoms with E-state index in [4.69, 9.17) is 28.2 Å². The molecule has 30 heavy (non-hydrogen) atoms. The summed E-state index contributed by atoms with van der Waals surface area (Å²) in [6.45, 7) is 4.16. The zero-order valence-corrected chi connectivity index (χ0v) is 17.8. The van der Waals surface area contributed by atoms with Crippen molar-refractivity contribution in [3.8, 4) is 17.1 Å². The van der Waals surface area contributed by atoms with Gasteiger partial charge in [0, 0.05) is 48.9 Å². The summed E-state index contributed by atoms with van der Waals surface area (Å²) in [5.74, 6) is 2.62. The highest BCUT2D eigenvalue weighted by atomic mass is 35.5. The van der Waals surface area contributed by atoms with E-state index in [1.54, 1.807) is 6.07 Å². The molecule has 0 atom stereocenters. The van der Waals surface area contributed by atoms with Crippen molar-refractivity contribution in [2.75, 3.05) is 41.3 Å². The molecule has 1 N–H and O–H groups in total. The molecule has 8 heteroatoms. The van der Waals surface area contributed by atoms with Crippen LogP contribution in [0.1, 0.15) is 18.4 Å². The number of nitrogens with zero attached hydrogens (tertiary/aromatic N) is 4. The van der Waals surface area contributed by atoms with Crippen LogP contribution in [-0.4, -0.2) is 35.7 Å². The van der Waals surface area contributed by atoms with Crippen LogP contribution in [0, 0.1) is 5.82 Å². The molecule has 0 aliphatic carbocycles. The summed E-state index contributed by atoms with van der Waals surface area (Å²) in [6.07, 6.45) is 2.45. The fourth-order valence-electron chi connectivity index (χ4n) is 4.70. The van der Waals surface area contributed by atoms with E-state index in [-0.39, 0.29) is 5.02 Å². The van der Waals surface area contributed by atoms with Crippen LogP contribution in [0.3, 0.4) is 0 Å². The van der Waals surface area contributed by atoms with E-state index in [1.165, 1.54) is 18.9 Å². The van der Waals surface area contributed by atoms with Gasteiger partial charge in [0.2, 0.25) is 0 Å². The third-order valence-electron chi connectivity index (χ3n) is 6.26. The molecule has 5 heterocycles. The normalized spacial score (nSPS) is 16.6. The van der Waals surface area contributed by atoms with Crippen molar-refractivity contribution in [2.45, 2.75) is 19.4 Å². The number of pyridine rings is 1. The number of rotatable bonds is 3. The minimum absolute atomic E-state index is 0.0947. The number of benzene rings is 1. The lowest BCUT2D eigenvalue weighted by atomic mass is 10.1. The summed E-state index contributed by atoms with van der Waals surface area (Å²) in [6, 6.07) is 9.33. The summed E-state index contributed by atoms with van der Waals surface area (Å²) in [5, 5.41) is 4.09. The fourth-order valence-corrected chi connectivity index (χ4v) is 5.19. The average molecular weight is 444 g/mol. The molecule has 5 nitrogen and oxygen atoms in total. The molecule has 0 amide bonds.